The molecular weight excluding hydrogens is 486 g/mol. The molecule has 0 bridgehead atoms. The lowest BCUT2D eigenvalue weighted by molar-refractivity contribution is -0.139. The second-order valence-electron chi connectivity index (χ2n) is 7.30. The monoisotopic (exact) mass is 505 g/mol. The van der Waals surface area contributed by atoms with E-state index in [0.29, 0.717) is 0 Å². The molecule has 12 heteroatoms. The highest BCUT2D eigenvalue weighted by molar-refractivity contribution is 7.18. The third kappa shape index (κ3) is 6.11. The van der Waals surface area contributed by atoms with Crippen molar-refractivity contribution in [1.29, 1.82) is 0 Å². The van der Waals surface area contributed by atoms with Gasteiger partial charge in [-0.15, -0.1) is 10.2 Å². The highest BCUT2D eigenvalue weighted by Crippen LogP contribution is 2.41. The Morgan fingerprint density at radius 2 is 1.82 bits per heavy atom. The van der Waals surface area contributed by atoms with Crippen molar-refractivity contribution < 1.29 is 32.1 Å². The minimum atomic E-state index is -4.63. The molecule has 0 aliphatic rings. The third-order valence-corrected chi connectivity index (χ3v) is 5.58. The first-order valence-electron chi connectivity index (χ1n) is 9.70. The van der Waals surface area contributed by atoms with Gasteiger partial charge in [0, 0.05) is 17.2 Å². The number of aromatic nitrogens is 2. The summed E-state index contributed by atoms with van der Waals surface area (Å²) in [7, 11) is 0. The summed E-state index contributed by atoms with van der Waals surface area (Å²) in [5, 5.41) is 17.3. The van der Waals surface area contributed by atoms with Crippen LogP contribution in [0, 0.1) is 5.82 Å². The lowest BCUT2D eigenvalue weighted by atomic mass is 10.1. The molecule has 1 atom stereocenters. The SMILES string of the molecule is CC(C)Oc1ccc(-c2nnc(-c3cc(F)c(OCC(N)CO)cc3Cl)s2)cc1C(F)(F)F. The summed E-state index contributed by atoms with van der Waals surface area (Å²) in [6.07, 6.45) is -5.07. The van der Waals surface area contributed by atoms with E-state index in [9.17, 15) is 17.6 Å². The molecule has 0 aliphatic heterocycles. The first kappa shape index (κ1) is 25.2. The molecule has 1 heterocycles. The molecule has 0 saturated heterocycles. The molecule has 1 aromatic heterocycles. The predicted octanol–water partition coefficient (Wildman–Crippen LogP) is 5.17. The van der Waals surface area contributed by atoms with E-state index in [-0.39, 0.29) is 50.9 Å². The number of aliphatic hydroxyl groups is 1. The van der Waals surface area contributed by atoms with Crippen LogP contribution in [0.25, 0.3) is 21.1 Å². The number of hydrogen-bond donors (Lipinski definition) is 2. The topological polar surface area (TPSA) is 90.5 Å². The fourth-order valence-corrected chi connectivity index (χ4v) is 3.91. The number of nitrogens with two attached hydrogens (primary N) is 1. The van der Waals surface area contributed by atoms with Crippen LogP contribution >= 0.6 is 22.9 Å². The number of ether oxygens (including phenoxy) is 2. The normalized spacial score (nSPS) is 12.8. The first-order valence-corrected chi connectivity index (χ1v) is 10.9. The summed E-state index contributed by atoms with van der Waals surface area (Å²) in [5.74, 6) is -1.19. The van der Waals surface area contributed by atoms with Crippen LogP contribution in [0.2, 0.25) is 5.02 Å². The molecular formula is C21H20ClF4N3O3S. The van der Waals surface area contributed by atoms with Crippen LogP contribution in [0.4, 0.5) is 17.6 Å². The van der Waals surface area contributed by atoms with Gasteiger partial charge in [0.15, 0.2) is 11.6 Å². The van der Waals surface area contributed by atoms with E-state index in [1.807, 2.05) is 0 Å². The van der Waals surface area contributed by atoms with Gasteiger partial charge in [-0.2, -0.15) is 13.2 Å². The summed E-state index contributed by atoms with van der Waals surface area (Å²) in [4.78, 5) is 0. The lowest BCUT2D eigenvalue weighted by Gasteiger charge is -2.16. The Morgan fingerprint density at radius 3 is 2.45 bits per heavy atom. The zero-order valence-electron chi connectivity index (χ0n) is 17.5. The minimum Gasteiger partial charge on any atom is -0.490 e. The van der Waals surface area contributed by atoms with Crippen molar-refractivity contribution in [1.82, 2.24) is 10.2 Å². The average molecular weight is 506 g/mol. The fourth-order valence-electron chi connectivity index (χ4n) is 2.74. The van der Waals surface area contributed by atoms with Gasteiger partial charge in [-0.1, -0.05) is 22.9 Å². The van der Waals surface area contributed by atoms with Crippen LogP contribution in [-0.4, -0.2) is 40.7 Å². The molecule has 3 N–H and O–H groups in total. The number of halogens is 5. The maximum absolute atomic E-state index is 14.5. The highest BCUT2D eigenvalue weighted by atomic mass is 35.5. The smallest absolute Gasteiger partial charge is 0.419 e. The van der Waals surface area contributed by atoms with Crippen molar-refractivity contribution >= 4 is 22.9 Å². The summed E-state index contributed by atoms with van der Waals surface area (Å²) in [6, 6.07) is 5.25. The predicted molar refractivity (Wildman–Crippen MR) is 117 cm³/mol. The van der Waals surface area contributed by atoms with Gasteiger partial charge in [-0.25, -0.2) is 4.39 Å². The molecule has 6 nitrogen and oxygen atoms in total. The zero-order chi connectivity index (χ0) is 24.3. The van der Waals surface area contributed by atoms with Crippen molar-refractivity contribution in [2.45, 2.75) is 32.2 Å². The van der Waals surface area contributed by atoms with Crippen LogP contribution < -0.4 is 15.2 Å². The van der Waals surface area contributed by atoms with Crippen molar-refractivity contribution in [2.24, 2.45) is 5.73 Å². The molecule has 3 rings (SSSR count). The summed E-state index contributed by atoms with van der Waals surface area (Å²) in [6.45, 7) is 2.81. The molecule has 0 fully saturated rings. The Hall–Kier alpha value is -2.47. The number of rotatable bonds is 8. The van der Waals surface area contributed by atoms with E-state index in [2.05, 4.69) is 10.2 Å². The minimum absolute atomic E-state index is 0.100. The van der Waals surface area contributed by atoms with Gasteiger partial charge in [-0.05, 0) is 38.1 Å². The molecule has 0 amide bonds. The highest BCUT2D eigenvalue weighted by Gasteiger charge is 2.35. The second-order valence-corrected chi connectivity index (χ2v) is 8.69. The van der Waals surface area contributed by atoms with Gasteiger partial charge in [0.2, 0.25) is 0 Å². The number of aliphatic hydroxyl groups excluding tert-OH is 1. The van der Waals surface area contributed by atoms with Gasteiger partial charge in [0.1, 0.15) is 22.4 Å². The van der Waals surface area contributed by atoms with E-state index in [4.69, 9.17) is 31.9 Å². The van der Waals surface area contributed by atoms with Crippen LogP contribution in [0.5, 0.6) is 11.5 Å². The molecule has 33 heavy (non-hydrogen) atoms. The first-order chi connectivity index (χ1) is 15.5. The van der Waals surface area contributed by atoms with E-state index in [0.717, 1.165) is 23.5 Å². The summed E-state index contributed by atoms with van der Waals surface area (Å²) < 4.78 is 65.6. The van der Waals surface area contributed by atoms with E-state index in [1.54, 1.807) is 13.8 Å². The second kappa shape index (κ2) is 10.2. The largest absolute Gasteiger partial charge is 0.490 e. The van der Waals surface area contributed by atoms with Gasteiger partial charge < -0.3 is 20.3 Å². The van der Waals surface area contributed by atoms with Crippen molar-refractivity contribution in [2.75, 3.05) is 13.2 Å². The van der Waals surface area contributed by atoms with Crippen molar-refractivity contribution in [3.63, 3.8) is 0 Å². The Bertz CT molecular complexity index is 1120. The number of alkyl halides is 3. The van der Waals surface area contributed by atoms with E-state index in [1.165, 1.54) is 18.2 Å². The van der Waals surface area contributed by atoms with Crippen molar-refractivity contribution in [3.05, 3.63) is 46.7 Å². The third-order valence-electron chi connectivity index (χ3n) is 4.26. The Balaban J connectivity index is 1.92. The van der Waals surface area contributed by atoms with E-state index < -0.39 is 29.7 Å². The molecule has 178 valence electrons. The molecule has 0 radical (unpaired) electrons. The van der Waals surface area contributed by atoms with Crippen LogP contribution in [0.1, 0.15) is 19.4 Å². The Labute approximate surface area is 195 Å². The van der Waals surface area contributed by atoms with Gasteiger partial charge in [-0.3, -0.25) is 0 Å². The number of nitrogens with zero attached hydrogens (tertiary/aromatic N) is 2. The molecule has 0 aliphatic carbocycles. The van der Waals surface area contributed by atoms with Gasteiger partial charge >= 0.3 is 6.18 Å². The molecule has 2 aromatic carbocycles. The maximum Gasteiger partial charge on any atom is 0.419 e. The van der Waals surface area contributed by atoms with Crippen LogP contribution in [0.3, 0.4) is 0 Å². The van der Waals surface area contributed by atoms with Gasteiger partial charge in [0.25, 0.3) is 0 Å². The number of hydrogen-bond acceptors (Lipinski definition) is 7. The molecule has 1 unspecified atom stereocenters. The molecule has 0 saturated carbocycles. The average Bonchev–Trinajstić information content (AvgIpc) is 3.22. The molecule has 3 aromatic rings. The standard InChI is InChI=1S/C21H20ClF4N3O3S/c1-10(2)32-17-4-3-11(5-14(17)21(24,25)26)19-28-29-20(33-19)13-6-16(23)18(7-15(13)22)31-9-12(27)8-30/h3-7,10,12,30H,8-9,27H2,1-2H3. The van der Waals surface area contributed by atoms with Crippen molar-refractivity contribution in [3.8, 4) is 32.6 Å². The summed E-state index contributed by atoms with van der Waals surface area (Å²) >= 11 is 7.19. The summed E-state index contributed by atoms with van der Waals surface area (Å²) in [5.41, 5.74) is 4.98. The van der Waals surface area contributed by atoms with Crippen LogP contribution in [0.15, 0.2) is 30.3 Å². The Morgan fingerprint density at radius 1 is 1.12 bits per heavy atom. The Kier molecular flexibility index (Phi) is 7.78. The van der Waals surface area contributed by atoms with Gasteiger partial charge in [0.05, 0.1) is 29.3 Å². The number of benzene rings is 2. The lowest BCUT2D eigenvalue weighted by Crippen LogP contribution is -2.31. The van der Waals surface area contributed by atoms with E-state index >= 15 is 0 Å². The molecule has 0 spiro atoms. The quantitative estimate of drug-likeness (QED) is 0.410. The fraction of sp³-hybridized carbons (Fsp3) is 0.333. The maximum atomic E-state index is 14.5. The van der Waals surface area contributed by atoms with Crippen LogP contribution in [-0.2, 0) is 6.18 Å². The zero-order valence-corrected chi connectivity index (χ0v) is 19.1.